The normalized spacial score (nSPS) is 10.3. The maximum absolute atomic E-state index is 12.2. The quantitative estimate of drug-likeness (QED) is 0.610. The lowest BCUT2D eigenvalue weighted by atomic mass is 10.1. The van der Waals surface area contributed by atoms with Crippen molar-refractivity contribution in [3.8, 4) is 11.5 Å². The van der Waals surface area contributed by atoms with Crippen LogP contribution in [0.2, 0.25) is 0 Å². The molecule has 0 aliphatic heterocycles. The Labute approximate surface area is 166 Å². The molecule has 0 atom stereocenters. The average Bonchev–Trinajstić information content (AvgIpc) is 2.74. The van der Waals surface area contributed by atoms with Crippen LogP contribution in [-0.2, 0) is 24.2 Å². The van der Waals surface area contributed by atoms with Gasteiger partial charge in [-0.3, -0.25) is 4.79 Å². The molecule has 3 aromatic rings. The molecule has 0 radical (unpaired) electrons. The molecular weight excluding hydrogens is 350 g/mol. The van der Waals surface area contributed by atoms with Crippen LogP contribution >= 0.6 is 0 Å². The van der Waals surface area contributed by atoms with Crippen molar-refractivity contribution in [2.45, 2.75) is 19.4 Å². The van der Waals surface area contributed by atoms with E-state index < -0.39 is 0 Å². The van der Waals surface area contributed by atoms with Crippen LogP contribution in [0.1, 0.15) is 16.7 Å². The fraction of sp³-hybridized carbons (Fsp3) is 0.208. The first-order valence-corrected chi connectivity index (χ1v) is 9.38. The Morgan fingerprint density at radius 3 is 2.32 bits per heavy atom. The van der Waals surface area contributed by atoms with Gasteiger partial charge < -0.3 is 14.8 Å². The zero-order valence-corrected chi connectivity index (χ0v) is 16.1. The first-order chi connectivity index (χ1) is 13.7. The zero-order valence-electron chi connectivity index (χ0n) is 16.1. The van der Waals surface area contributed by atoms with Crippen LogP contribution in [0.5, 0.6) is 11.5 Å². The number of hydrogen-bond acceptors (Lipinski definition) is 3. The second-order valence-corrected chi connectivity index (χ2v) is 6.55. The highest BCUT2D eigenvalue weighted by atomic mass is 16.5. The molecule has 0 aromatic heterocycles. The van der Waals surface area contributed by atoms with E-state index in [0.717, 1.165) is 34.6 Å². The Bertz CT molecular complexity index is 876. The lowest BCUT2D eigenvalue weighted by Crippen LogP contribution is -2.27. The van der Waals surface area contributed by atoms with Gasteiger partial charge in [0.25, 0.3) is 0 Å². The van der Waals surface area contributed by atoms with Gasteiger partial charge in [-0.1, -0.05) is 54.6 Å². The number of carbonyl (C=O) groups excluding carboxylic acids is 1. The molecule has 3 aromatic carbocycles. The molecule has 1 N–H and O–H groups in total. The number of hydrogen-bond donors (Lipinski definition) is 1. The molecule has 0 heterocycles. The van der Waals surface area contributed by atoms with E-state index in [1.165, 1.54) is 0 Å². The molecule has 4 nitrogen and oxygen atoms in total. The molecule has 0 bridgehead atoms. The van der Waals surface area contributed by atoms with E-state index in [9.17, 15) is 4.79 Å². The number of amides is 1. The Hall–Kier alpha value is -3.27. The van der Waals surface area contributed by atoms with Gasteiger partial charge in [0.2, 0.25) is 5.91 Å². The van der Waals surface area contributed by atoms with Gasteiger partial charge >= 0.3 is 0 Å². The fourth-order valence-corrected chi connectivity index (χ4v) is 2.87. The summed E-state index contributed by atoms with van der Waals surface area (Å²) < 4.78 is 11.0. The minimum absolute atomic E-state index is 0.0147. The number of benzene rings is 3. The molecule has 1 amide bonds. The molecule has 0 fully saturated rings. The van der Waals surface area contributed by atoms with Crippen LogP contribution in [0.25, 0.3) is 0 Å². The summed E-state index contributed by atoms with van der Waals surface area (Å²) in [5, 5.41) is 2.97. The third-order valence-electron chi connectivity index (χ3n) is 4.41. The second-order valence-electron chi connectivity index (χ2n) is 6.55. The molecule has 28 heavy (non-hydrogen) atoms. The number of methoxy groups -OCH3 is 1. The molecule has 0 aliphatic carbocycles. The second kappa shape index (κ2) is 10.2. The summed E-state index contributed by atoms with van der Waals surface area (Å²) >= 11 is 0. The van der Waals surface area contributed by atoms with Gasteiger partial charge in [0.15, 0.2) is 0 Å². The summed E-state index contributed by atoms with van der Waals surface area (Å²) in [4.78, 5) is 12.2. The van der Waals surface area contributed by atoms with Gasteiger partial charge in [0, 0.05) is 6.54 Å². The van der Waals surface area contributed by atoms with Gasteiger partial charge in [-0.05, 0) is 47.4 Å². The van der Waals surface area contributed by atoms with E-state index in [4.69, 9.17) is 9.47 Å². The van der Waals surface area contributed by atoms with E-state index in [1.54, 1.807) is 7.11 Å². The van der Waals surface area contributed by atoms with Crippen LogP contribution in [0, 0.1) is 0 Å². The van der Waals surface area contributed by atoms with Crippen LogP contribution < -0.4 is 14.8 Å². The van der Waals surface area contributed by atoms with Crippen molar-refractivity contribution >= 4 is 5.91 Å². The van der Waals surface area contributed by atoms with Crippen molar-refractivity contribution < 1.29 is 14.3 Å². The van der Waals surface area contributed by atoms with Crippen LogP contribution in [0.3, 0.4) is 0 Å². The molecule has 0 saturated carbocycles. The molecule has 0 spiro atoms. The molecule has 0 unspecified atom stereocenters. The van der Waals surface area contributed by atoms with Crippen molar-refractivity contribution in [1.82, 2.24) is 5.32 Å². The highest BCUT2D eigenvalue weighted by Gasteiger charge is 2.04. The number of rotatable bonds is 9. The first-order valence-electron chi connectivity index (χ1n) is 9.38. The minimum atomic E-state index is 0.0147. The van der Waals surface area contributed by atoms with E-state index in [-0.39, 0.29) is 5.91 Å². The number of nitrogens with one attached hydrogen (secondary N) is 1. The standard InChI is InChI=1S/C24H25NO3/c1-27-23-9-5-8-19(16-23)14-15-25-24(26)17-20-10-12-22(13-11-20)28-18-21-6-3-2-4-7-21/h2-13,16H,14-15,17-18H2,1H3,(H,25,26). The molecule has 144 valence electrons. The van der Waals surface area contributed by atoms with Crippen molar-refractivity contribution in [3.63, 3.8) is 0 Å². The summed E-state index contributed by atoms with van der Waals surface area (Å²) in [5.41, 5.74) is 3.23. The summed E-state index contributed by atoms with van der Waals surface area (Å²) in [7, 11) is 1.65. The van der Waals surface area contributed by atoms with Gasteiger partial charge in [-0.15, -0.1) is 0 Å². The summed E-state index contributed by atoms with van der Waals surface area (Å²) in [6, 6.07) is 25.6. The maximum atomic E-state index is 12.2. The first kappa shape index (κ1) is 19.5. The lowest BCUT2D eigenvalue weighted by Gasteiger charge is -2.09. The Morgan fingerprint density at radius 1 is 0.821 bits per heavy atom. The molecule has 0 saturated heterocycles. The average molecular weight is 375 g/mol. The van der Waals surface area contributed by atoms with E-state index in [2.05, 4.69) is 5.32 Å². The van der Waals surface area contributed by atoms with Gasteiger partial charge in [-0.2, -0.15) is 0 Å². The molecule has 3 rings (SSSR count). The fourth-order valence-electron chi connectivity index (χ4n) is 2.87. The van der Waals surface area contributed by atoms with Gasteiger partial charge in [0.1, 0.15) is 18.1 Å². The van der Waals surface area contributed by atoms with Crippen LogP contribution in [-0.4, -0.2) is 19.6 Å². The number of ether oxygens (including phenoxy) is 2. The highest BCUT2D eigenvalue weighted by molar-refractivity contribution is 5.78. The van der Waals surface area contributed by atoms with E-state index in [0.29, 0.717) is 19.6 Å². The SMILES string of the molecule is COc1cccc(CCNC(=O)Cc2ccc(OCc3ccccc3)cc2)c1. The molecular formula is C24H25NO3. The minimum Gasteiger partial charge on any atom is -0.497 e. The van der Waals surface area contributed by atoms with Crippen molar-refractivity contribution in [2.24, 2.45) is 0 Å². The van der Waals surface area contributed by atoms with Crippen LogP contribution in [0.15, 0.2) is 78.9 Å². The van der Waals surface area contributed by atoms with Crippen molar-refractivity contribution in [3.05, 3.63) is 95.6 Å². The van der Waals surface area contributed by atoms with Gasteiger partial charge in [0.05, 0.1) is 13.5 Å². The predicted molar refractivity (Wildman–Crippen MR) is 111 cm³/mol. The third-order valence-corrected chi connectivity index (χ3v) is 4.41. The van der Waals surface area contributed by atoms with E-state index >= 15 is 0 Å². The summed E-state index contributed by atoms with van der Waals surface area (Å²) in [6.07, 6.45) is 1.13. The van der Waals surface area contributed by atoms with Crippen molar-refractivity contribution in [1.29, 1.82) is 0 Å². The molecule has 4 heteroatoms. The summed E-state index contributed by atoms with van der Waals surface area (Å²) in [6.45, 7) is 1.13. The maximum Gasteiger partial charge on any atom is 0.224 e. The number of carbonyl (C=O) groups is 1. The monoisotopic (exact) mass is 375 g/mol. The Morgan fingerprint density at radius 2 is 1.57 bits per heavy atom. The molecule has 0 aliphatic rings. The smallest absolute Gasteiger partial charge is 0.224 e. The summed E-state index contributed by atoms with van der Waals surface area (Å²) in [5.74, 6) is 1.64. The highest BCUT2D eigenvalue weighted by Crippen LogP contribution is 2.15. The lowest BCUT2D eigenvalue weighted by molar-refractivity contribution is -0.120. The topological polar surface area (TPSA) is 47.6 Å². The Balaban J connectivity index is 1.41. The predicted octanol–water partition coefficient (Wildman–Crippen LogP) is 4.18. The largest absolute Gasteiger partial charge is 0.497 e. The van der Waals surface area contributed by atoms with Crippen molar-refractivity contribution in [2.75, 3.05) is 13.7 Å². The zero-order chi connectivity index (χ0) is 19.6. The van der Waals surface area contributed by atoms with Gasteiger partial charge in [-0.25, -0.2) is 0 Å². The van der Waals surface area contributed by atoms with Crippen LogP contribution in [0.4, 0.5) is 0 Å². The van der Waals surface area contributed by atoms with E-state index in [1.807, 2.05) is 78.9 Å². The third kappa shape index (κ3) is 6.16. The Kier molecular flexibility index (Phi) is 7.08.